The Labute approximate surface area is 78.2 Å². The molecule has 0 unspecified atom stereocenters. The SMILES string of the molecule is Cc1cc(C)c(C#N)c(C2CC2)n1. The van der Waals surface area contributed by atoms with E-state index in [9.17, 15) is 0 Å². The summed E-state index contributed by atoms with van der Waals surface area (Å²) in [5.74, 6) is 0.563. The third kappa shape index (κ3) is 1.42. The van der Waals surface area contributed by atoms with Crippen molar-refractivity contribution in [3.63, 3.8) is 0 Å². The number of hydrogen-bond donors (Lipinski definition) is 0. The lowest BCUT2D eigenvalue weighted by atomic mass is 10.0. The number of rotatable bonds is 1. The van der Waals surface area contributed by atoms with E-state index in [1.165, 1.54) is 12.8 Å². The second-order valence-electron chi connectivity index (χ2n) is 3.73. The molecule has 0 N–H and O–H groups in total. The molecule has 0 atom stereocenters. The Kier molecular flexibility index (Phi) is 1.81. The minimum absolute atomic E-state index is 0.563. The predicted molar refractivity (Wildman–Crippen MR) is 50.4 cm³/mol. The molecule has 0 saturated heterocycles. The molecule has 0 aliphatic heterocycles. The van der Waals surface area contributed by atoms with E-state index in [2.05, 4.69) is 11.1 Å². The molecule has 1 heterocycles. The highest BCUT2D eigenvalue weighted by Crippen LogP contribution is 2.41. The first-order valence-electron chi connectivity index (χ1n) is 4.60. The number of nitrogens with zero attached hydrogens (tertiary/aromatic N) is 2. The standard InChI is InChI=1S/C11H12N2/c1-7-5-8(2)13-11(9-3-4-9)10(7)6-12/h5,9H,3-4H2,1-2H3. The van der Waals surface area contributed by atoms with Crippen molar-refractivity contribution >= 4 is 0 Å². The zero-order valence-electron chi connectivity index (χ0n) is 7.96. The fraction of sp³-hybridized carbons (Fsp3) is 0.455. The Morgan fingerprint density at radius 1 is 1.46 bits per heavy atom. The highest BCUT2D eigenvalue weighted by atomic mass is 14.7. The van der Waals surface area contributed by atoms with Gasteiger partial charge in [0, 0.05) is 11.6 Å². The van der Waals surface area contributed by atoms with Gasteiger partial charge in [-0.3, -0.25) is 4.98 Å². The molecule has 13 heavy (non-hydrogen) atoms. The van der Waals surface area contributed by atoms with Gasteiger partial charge in [0.15, 0.2) is 0 Å². The molecule has 2 nitrogen and oxygen atoms in total. The van der Waals surface area contributed by atoms with Gasteiger partial charge in [0.1, 0.15) is 6.07 Å². The topological polar surface area (TPSA) is 36.7 Å². The summed E-state index contributed by atoms with van der Waals surface area (Å²) in [5.41, 5.74) is 3.92. The maximum Gasteiger partial charge on any atom is 0.101 e. The quantitative estimate of drug-likeness (QED) is 0.652. The highest BCUT2D eigenvalue weighted by Gasteiger charge is 2.28. The molecule has 1 aliphatic rings. The van der Waals surface area contributed by atoms with Gasteiger partial charge < -0.3 is 0 Å². The lowest BCUT2D eigenvalue weighted by molar-refractivity contribution is 0.974. The first-order chi connectivity index (χ1) is 6.22. The van der Waals surface area contributed by atoms with Crippen LogP contribution < -0.4 is 0 Å². The fourth-order valence-corrected chi connectivity index (χ4v) is 1.66. The molecule has 0 spiro atoms. The average Bonchev–Trinajstić information content (AvgIpc) is 2.85. The monoisotopic (exact) mass is 172 g/mol. The Bertz CT molecular complexity index is 384. The Balaban J connectivity index is 2.58. The van der Waals surface area contributed by atoms with E-state index in [1.54, 1.807) is 0 Å². The summed E-state index contributed by atoms with van der Waals surface area (Å²) in [6.07, 6.45) is 2.40. The molecule has 66 valence electrons. The van der Waals surface area contributed by atoms with Crippen LogP contribution in [0.3, 0.4) is 0 Å². The van der Waals surface area contributed by atoms with E-state index >= 15 is 0 Å². The van der Waals surface area contributed by atoms with E-state index in [0.29, 0.717) is 5.92 Å². The van der Waals surface area contributed by atoms with Crippen molar-refractivity contribution in [2.24, 2.45) is 0 Å². The molecule has 0 radical (unpaired) electrons. The molecule has 0 bridgehead atoms. The molecule has 1 aliphatic carbocycles. The molecule has 2 rings (SSSR count). The van der Waals surface area contributed by atoms with E-state index in [-0.39, 0.29) is 0 Å². The van der Waals surface area contributed by atoms with Crippen LogP contribution in [0.4, 0.5) is 0 Å². The number of aromatic nitrogens is 1. The van der Waals surface area contributed by atoms with Crippen LogP contribution in [0.5, 0.6) is 0 Å². The van der Waals surface area contributed by atoms with Gasteiger partial charge >= 0.3 is 0 Å². The van der Waals surface area contributed by atoms with E-state index in [1.807, 2.05) is 19.9 Å². The number of pyridine rings is 1. The van der Waals surface area contributed by atoms with E-state index in [4.69, 9.17) is 5.26 Å². The number of aryl methyl sites for hydroxylation is 2. The largest absolute Gasteiger partial charge is 0.256 e. The predicted octanol–water partition coefficient (Wildman–Crippen LogP) is 2.45. The average molecular weight is 172 g/mol. The van der Waals surface area contributed by atoms with Crippen LogP contribution in [0.15, 0.2) is 6.07 Å². The molecule has 1 fully saturated rings. The van der Waals surface area contributed by atoms with Crippen molar-refractivity contribution in [1.29, 1.82) is 5.26 Å². The van der Waals surface area contributed by atoms with Gasteiger partial charge in [-0.05, 0) is 38.3 Å². The smallest absolute Gasteiger partial charge is 0.101 e. The van der Waals surface area contributed by atoms with Crippen molar-refractivity contribution in [3.8, 4) is 6.07 Å². The molecule has 2 heteroatoms. The minimum atomic E-state index is 0.563. The normalized spacial score (nSPS) is 15.5. The van der Waals surface area contributed by atoms with Crippen molar-refractivity contribution in [1.82, 2.24) is 4.98 Å². The lowest BCUT2D eigenvalue weighted by Gasteiger charge is -2.05. The molecule has 1 aromatic heterocycles. The van der Waals surface area contributed by atoms with Crippen LogP contribution in [0.1, 0.15) is 41.3 Å². The van der Waals surface area contributed by atoms with Crippen molar-refractivity contribution in [3.05, 3.63) is 28.6 Å². The maximum absolute atomic E-state index is 8.98. The van der Waals surface area contributed by atoms with Crippen LogP contribution in [-0.4, -0.2) is 4.98 Å². The van der Waals surface area contributed by atoms with Crippen molar-refractivity contribution < 1.29 is 0 Å². The molecule has 1 saturated carbocycles. The Morgan fingerprint density at radius 2 is 2.15 bits per heavy atom. The van der Waals surface area contributed by atoms with Gasteiger partial charge in [0.05, 0.1) is 11.3 Å². The lowest BCUT2D eigenvalue weighted by Crippen LogP contribution is -1.97. The second kappa shape index (κ2) is 2.85. The summed E-state index contributed by atoms with van der Waals surface area (Å²) >= 11 is 0. The van der Waals surface area contributed by atoms with Gasteiger partial charge in [0.25, 0.3) is 0 Å². The maximum atomic E-state index is 8.98. The van der Waals surface area contributed by atoms with Gasteiger partial charge in [-0.2, -0.15) is 5.26 Å². The van der Waals surface area contributed by atoms with Crippen LogP contribution in [0, 0.1) is 25.2 Å². The summed E-state index contributed by atoms with van der Waals surface area (Å²) in [6.45, 7) is 3.97. The summed E-state index contributed by atoms with van der Waals surface area (Å²) in [6, 6.07) is 4.23. The summed E-state index contributed by atoms with van der Waals surface area (Å²) in [4.78, 5) is 4.44. The van der Waals surface area contributed by atoms with E-state index in [0.717, 1.165) is 22.5 Å². The third-order valence-electron chi connectivity index (χ3n) is 2.45. The second-order valence-corrected chi connectivity index (χ2v) is 3.73. The first-order valence-corrected chi connectivity index (χ1v) is 4.60. The fourth-order valence-electron chi connectivity index (χ4n) is 1.66. The molecular weight excluding hydrogens is 160 g/mol. The van der Waals surface area contributed by atoms with E-state index < -0.39 is 0 Å². The molecular formula is C11H12N2. The van der Waals surface area contributed by atoms with Gasteiger partial charge in [0.2, 0.25) is 0 Å². The van der Waals surface area contributed by atoms with Crippen molar-refractivity contribution in [2.45, 2.75) is 32.6 Å². The molecule has 0 amide bonds. The minimum Gasteiger partial charge on any atom is -0.256 e. The Morgan fingerprint density at radius 3 is 2.69 bits per heavy atom. The van der Waals surface area contributed by atoms with Crippen LogP contribution in [-0.2, 0) is 0 Å². The summed E-state index contributed by atoms with van der Waals surface area (Å²) in [5, 5.41) is 8.98. The zero-order chi connectivity index (χ0) is 9.42. The van der Waals surface area contributed by atoms with Crippen LogP contribution in [0.2, 0.25) is 0 Å². The van der Waals surface area contributed by atoms with Crippen LogP contribution in [0.25, 0.3) is 0 Å². The summed E-state index contributed by atoms with van der Waals surface area (Å²) in [7, 11) is 0. The van der Waals surface area contributed by atoms with Gasteiger partial charge in [-0.1, -0.05) is 0 Å². The number of nitriles is 1. The first kappa shape index (κ1) is 8.25. The Hall–Kier alpha value is -1.36. The van der Waals surface area contributed by atoms with Crippen LogP contribution >= 0.6 is 0 Å². The highest BCUT2D eigenvalue weighted by molar-refractivity contribution is 5.44. The zero-order valence-corrected chi connectivity index (χ0v) is 7.96. The van der Waals surface area contributed by atoms with Crippen molar-refractivity contribution in [2.75, 3.05) is 0 Å². The third-order valence-corrected chi connectivity index (χ3v) is 2.45. The summed E-state index contributed by atoms with van der Waals surface area (Å²) < 4.78 is 0. The van der Waals surface area contributed by atoms with Gasteiger partial charge in [-0.25, -0.2) is 0 Å². The van der Waals surface area contributed by atoms with Gasteiger partial charge in [-0.15, -0.1) is 0 Å². The molecule has 1 aromatic rings. The number of hydrogen-bond acceptors (Lipinski definition) is 2. The molecule has 0 aromatic carbocycles.